The zero-order valence-electron chi connectivity index (χ0n) is 14.7. The van der Waals surface area contributed by atoms with Crippen molar-refractivity contribution in [1.29, 1.82) is 5.26 Å². The molecule has 27 heavy (non-hydrogen) atoms. The van der Waals surface area contributed by atoms with Crippen molar-refractivity contribution >= 4 is 28.8 Å². The number of nitriles is 1. The molecule has 1 N–H and O–H groups in total. The van der Waals surface area contributed by atoms with Crippen molar-refractivity contribution in [3.05, 3.63) is 52.0 Å². The first-order valence-electron chi connectivity index (χ1n) is 8.63. The van der Waals surface area contributed by atoms with Crippen LogP contribution in [0.1, 0.15) is 21.7 Å². The molecule has 2 heterocycles. The Morgan fingerprint density at radius 3 is 2.63 bits per heavy atom. The summed E-state index contributed by atoms with van der Waals surface area (Å²) in [5, 5.41) is 13.7. The van der Waals surface area contributed by atoms with Crippen LogP contribution in [0.5, 0.6) is 0 Å². The maximum absolute atomic E-state index is 13.8. The summed E-state index contributed by atoms with van der Waals surface area (Å²) >= 11 is 1.36. The molecule has 0 unspecified atom stereocenters. The van der Waals surface area contributed by atoms with Gasteiger partial charge in [-0.25, -0.2) is 4.39 Å². The first-order chi connectivity index (χ1) is 13.1. The van der Waals surface area contributed by atoms with Crippen molar-refractivity contribution in [2.45, 2.75) is 6.42 Å². The lowest BCUT2D eigenvalue weighted by molar-refractivity contribution is -0.131. The average molecular weight is 386 g/mol. The second kappa shape index (κ2) is 8.64. The summed E-state index contributed by atoms with van der Waals surface area (Å²) in [5.41, 5.74) is 0.598. The van der Waals surface area contributed by atoms with Gasteiger partial charge in [0, 0.05) is 39.1 Å². The summed E-state index contributed by atoms with van der Waals surface area (Å²) in [6, 6.07) is 10.0. The number of amides is 2. The van der Waals surface area contributed by atoms with E-state index in [1.807, 2.05) is 16.3 Å². The minimum Gasteiger partial charge on any atom is -0.367 e. The Kier molecular flexibility index (Phi) is 6.04. The molecule has 2 aromatic rings. The molecule has 2 amide bonds. The van der Waals surface area contributed by atoms with Crippen molar-refractivity contribution in [1.82, 2.24) is 10.2 Å². The fourth-order valence-corrected chi connectivity index (χ4v) is 3.66. The number of nitrogens with one attached hydrogen (secondary N) is 1. The van der Waals surface area contributed by atoms with Crippen molar-refractivity contribution < 1.29 is 14.0 Å². The summed E-state index contributed by atoms with van der Waals surface area (Å²) in [6.07, 6.45) is 0.237. The highest BCUT2D eigenvalue weighted by molar-refractivity contribution is 7.12. The Morgan fingerprint density at radius 1 is 1.19 bits per heavy atom. The van der Waals surface area contributed by atoms with Gasteiger partial charge < -0.3 is 15.1 Å². The van der Waals surface area contributed by atoms with E-state index in [4.69, 9.17) is 5.26 Å². The molecule has 0 aliphatic carbocycles. The SMILES string of the molecule is N#Cc1c(F)cccc1N1CCN(C(=O)CCNC(=O)c2cccs2)CC1. The van der Waals surface area contributed by atoms with E-state index in [1.54, 1.807) is 29.2 Å². The fourth-order valence-electron chi connectivity index (χ4n) is 3.02. The monoisotopic (exact) mass is 386 g/mol. The molecule has 140 valence electrons. The van der Waals surface area contributed by atoms with E-state index in [1.165, 1.54) is 17.4 Å². The fraction of sp³-hybridized carbons (Fsp3) is 0.316. The van der Waals surface area contributed by atoms with Gasteiger partial charge in [0.25, 0.3) is 5.91 Å². The molecule has 6 nitrogen and oxygen atoms in total. The molecular formula is C19H19FN4O2S. The molecule has 0 radical (unpaired) electrons. The number of carbonyl (C=O) groups excluding carboxylic acids is 2. The van der Waals surface area contributed by atoms with Gasteiger partial charge >= 0.3 is 0 Å². The highest BCUT2D eigenvalue weighted by Crippen LogP contribution is 2.23. The summed E-state index contributed by atoms with van der Waals surface area (Å²) in [4.78, 5) is 28.5. The maximum atomic E-state index is 13.8. The summed E-state index contributed by atoms with van der Waals surface area (Å²) in [6.45, 7) is 2.35. The van der Waals surface area contributed by atoms with E-state index >= 15 is 0 Å². The average Bonchev–Trinajstić information content (AvgIpc) is 3.22. The highest BCUT2D eigenvalue weighted by Gasteiger charge is 2.23. The lowest BCUT2D eigenvalue weighted by Crippen LogP contribution is -2.49. The van der Waals surface area contributed by atoms with Crippen molar-refractivity contribution in [3.63, 3.8) is 0 Å². The van der Waals surface area contributed by atoms with E-state index < -0.39 is 5.82 Å². The zero-order valence-corrected chi connectivity index (χ0v) is 15.5. The smallest absolute Gasteiger partial charge is 0.261 e. The molecule has 0 saturated carbocycles. The van der Waals surface area contributed by atoms with E-state index in [9.17, 15) is 14.0 Å². The predicted octanol–water partition coefficient (Wildman–Crippen LogP) is 2.23. The Morgan fingerprint density at radius 2 is 1.96 bits per heavy atom. The lowest BCUT2D eigenvalue weighted by Gasteiger charge is -2.36. The predicted molar refractivity (Wildman–Crippen MR) is 101 cm³/mol. The van der Waals surface area contributed by atoms with Gasteiger partial charge in [-0.2, -0.15) is 5.26 Å². The molecule has 1 fully saturated rings. The standard InChI is InChI=1S/C19H19FN4O2S/c20-15-3-1-4-16(14(15)13-21)23-8-10-24(11-9-23)18(25)6-7-22-19(26)17-5-2-12-27-17/h1-5,12H,6-11H2,(H,22,26). The second-order valence-corrected chi connectivity index (χ2v) is 7.04. The molecule has 3 rings (SSSR count). The largest absolute Gasteiger partial charge is 0.367 e. The molecule has 1 aliphatic heterocycles. The summed E-state index contributed by atoms with van der Waals surface area (Å²) in [7, 11) is 0. The zero-order chi connectivity index (χ0) is 19.2. The third-order valence-electron chi connectivity index (χ3n) is 4.45. The minimum atomic E-state index is -0.532. The molecule has 0 bridgehead atoms. The number of carbonyl (C=O) groups is 2. The highest BCUT2D eigenvalue weighted by atomic mass is 32.1. The first kappa shape index (κ1) is 18.9. The van der Waals surface area contributed by atoms with Crippen LogP contribution in [0.4, 0.5) is 10.1 Å². The number of anilines is 1. The number of hydrogen-bond donors (Lipinski definition) is 1. The molecule has 1 aromatic heterocycles. The van der Waals surface area contributed by atoms with Crippen LogP contribution in [0.3, 0.4) is 0 Å². The summed E-state index contributed by atoms with van der Waals surface area (Å²) < 4.78 is 13.8. The van der Waals surface area contributed by atoms with Gasteiger partial charge in [-0.15, -0.1) is 11.3 Å². The summed E-state index contributed by atoms with van der Waals surface area (Å²) in [5.74, 6) is -0.728. The number of rotatable bonds is 5. The second-order valence-electron chi connectivity index (χ2n) is 6.10. The number of benzene rings is 1. The number of hydrogen-bond acceptors (Lipinski definition) is 5. The van der Waals surface area contributed by atoms with Crippen molar-refractivity contribution in [2.75, 3.05) is 37.6 Å². The third kappa shape index (κ3) is 4.44. The maximum Gasteiger partial charge on any atom is 0.261 e. The van der Waals surface area contributed by atoms with E-state index in [0.29, 0.717) is 36.7 Å². The van der Waals surface area contributed by atoms with Gasteiger partial charge in [0.2, 0.25) is 5.91 Å². The van der Waals surface area contributed by atoms with Gasteiger partial charge in [-0.05, 0) is 23.6 Å². The van der Waals surface area contributed by atoms with Crippen LogP contribution >= 0.6 is 11.3 Å². The Labute approximate surface area is 160 Å². The van der Waals surface area contributed by atoms with Crippen LogP contribution in [0, 0.1) is 17.1 Å². The number of nitrogens with zero attached hydrogens (tertiary/aromatic N) is 3. The van der Waals surface area contributed by atoms with Crippen LogP contribution in [-0.4, -0.2) is 49.4 Å². The van der Waals surface area contributed by atoms with Crippen LogP contribution in [0.2, 0.25) is 0 Å². The van der Waals surface area contributed by atoms with Gasteiger partial charge in [0.1, 0.15) is 17.4 Å². The minimum absolute atomic E-state index is 0.0270. The van der Waals surface area contributed by atoms with E-state index in [2.05, 4.69) is 5.32 Å². The van der Waals surface area contributed by atoms with Crippen molar-refractivity contribution in [3.8, 4) is 6.07 Å². The molecular weight excluding hydrogens is 367 g/mol. The van der Waals surface area contributed by atoms with Crippen LogP contribution in [0.25, 0.3) is 0 Å². The van der Waals surface area contributed by atoms with Crippen LogP contribution in [-0.2, 0) is 4.79 Å². The molecule has 1 aromatic carbocycles. The van der Waals surface area contributed by atoms with Gasteiger partial charge in [-0.1, -0.05) is 12.1 Å². The Bertz CT molecular complexity index is 855. The van der Waals surface area contributed by atoms with Crippen LogP contribution < -0.4 is 10.2 Å². The first-order valence-corrected chi connectivity index (χ1v) is 9.51. The quantitative estimate of drug-likeness (QED) is 0.855. The number of thiophene rings is 1. The topological polar surface area (TPSA) is 76.4 Å². The van der Waals surface area contributed by atoms with Gasteiger partial charge in [0.15, 0.2) is 0 Å². The number of piperazine rings is 1. The molecule has 1 aliphatic rings. The molecule has 8 heteroatoms. The lowest BCUT2D eigenvalue weighted by atomic mass is 10.1. The van der Waals surface area contributed by atoms with Gasteiger partial charge in [0.05, 0.1) is 10.6 Å². The molecule has 0 spiro atoms. The molecule has 0 atom stereocenters. The molecule has 1 saturated heterocycles. The van der Waals surface area contributed by atoms with Crippen molar-refractivity contribution in [2.24, 2.45) is 0 Å². The third-order valence-corrected chi connectivity index (χ3v) is 5.31. The van der Waals surface area contributed by atoms with Crippen LogP contribution in [0.15, 0.2) is 35.7 Å². The Hall–Kier alpha value is -2.92. The van der Waals surface area contributed by atoms with Gasteiger partial charge in [-0.3, -0.25) is 9.59 Å². The van der Waals surface area contributed by atoms with E-state index in [-0.39, 0.29) is 30.3 Å². The van der Waals surface area contributed by atoms with E-state index in [0.717, 1.165) is 0 Å². The normalized spacial score (nSPS) is 13.9. The number of halogens is 1. The Balaban J connectivity index is 1.48.